The maximum Gasteiger partial charge on any atom is 0.401 e. The van der Waals surface area contributed by atoms with E-state index in [1.54, 1.807) is 14.2 Å². The Morgan fingerprint density at radius 2 is 1.29 bits per heavy atom. The SMILES string of the molecule is CCC(N([Si](C)(C)C)[Si](C)(C)C)[Si](OC)OC. The van der Waals surface area contributed by atoms with E-state index in [1.165, 1.54) is 0 Å². The first-order valence-corrected chi connectivity index (χ1v) is 14.6. The normalized spacial score (nSPS) is 15.7. The van der Waals surface area contributed by atoms with Crippen molar-refractivity contribution in [2.24, 2.45) is 0 Å². The van der Waals surface area contributed by atoms with Gasteiger partial charge in [0, 0.05) is 19.9 Å². The number of rotatable bonds is 7. The second kappa shape index (κ2) is 6.63. The van der Waals surface area contributed by atoms with E-state index in [1.807, 2.05) is 0 Å². The lowest BCUT2D eigenvalue weighted by molar-refractivity contribution is 0.247. The molecule has 0 aliphatic rings. The van der Waals surface area contributed by atoms with Gasteiger partial charge in [0.05, 0.1) is 0 Å². The van der Waals surface area contributed by atoms with Crippen molar-refractivity contribution >= 4 is 25.8 Å². The van der Waals surface area contributed by atoms with Crippen LogP contribution in [0.15, 0.2) is 0 Å². The molecule has 0 saturated heterocycles. The summed E-state index contributed by atoms with van der Waals surface area (Å²) in [5, 5.41) is 0. The van der Waals surface area contributed by atoms with Crippen LogP contribution in [-0.4, -0.2) is 49.9 Å². The van der Waals surface area contributed by atoms with E-state index in [-0.39, 0.29) is 0 Å². The summed E-state index contributed by atoms with van der Waals surface area (Å²) < 4.78 is 14.0. The first kappa shape index (κ1) is 17.5. The van der Waals surface area contributed by atoms with Crippen molar-refractivity contribution in [3.63, 3.8) is 0 Å². The highest BCUT2D eigenvalue weighted by atomic mass is 28.4. The van der Waals surface area contributed by atoms with Gasteiger partial charge in [0.1, 0.15) is 16.5 Å². The van der Waals surface area contributed by atoms with Gasteiger partial charge in [-0.15, -0.1) is 0 Å². The number of hydrogen-bond donors (Lipinski definition) is 0. The zero-order chi connectivity index (χ0) is 13.9. The van der Waals surface area contributed by atoms with Crippen molar-refractivity contribution in [1.82, 2.24) is 4.23 Å². The molecule has 0 aromatic heterocycles. The molecule has 0 aliphatic carbocycles. The molecule has 0 spiro atoms. The Balaban J connectivity index is 5.27. The summed E-state index contributed by atoms with van der Waals surface area (Å²) in [5.74, 6) is 0. The van der Waals surface area contributed by atoms with Crippen molar-refractivity contribution < 1.29 is 8.85 Å². The Morgan fingerprint density at radius 3 is 1.47 bits per heavy atom. The summed E-state index contributed by atoms with van der Waals surface area (Å²) in [5.41, 5.74) is 0.480. The average Bonchev–Trinajstić information content (AvgIpc) is 2.13. The third-order valence-electron chi connectivity index (χ3n) is 2.82. The van der Waals surface area contributed by atoms with Crippen LogP contribution in [0.3, 0.4) is 0 Å². The predicted molar refractivity (Wildman–Crippen MR) is 82.4 cm³/mol. The van der Waals surface area contributed by atoms with Gasteiger partial charge in [-0.2, -0.15) is 0 Å². The van der Waals surface area contributed by atoms with Crippen molar-refractivity contribution in [3.8, 4) is 0 Å². The van der Waals surface area contributed by atoms with E-state index in [0.29, 0.717) is 5.67 Å². The lowest BCUT2D eigenvalue weighted by Gasteiger charge is -2.49. The largest absolute Gasteiger partial charge is 0.401 e. The quantitative estimate of drug-likeness (QED) is 0.673. The van der Waals surface area contributed by atoms with E-state index in [0.717, 1.165) is 6.42 Å². The molecule has 6 heteroatoms. The van der Waals surface area contributed by atoms with Gasteiger partial charge < -0.3 is 13.1 Å². The Kier molecular flexibility index (Phi) is 6.83. The highest BCUT2D eigenvalue weighted by Crippen LogP contribution is 2.26. The van der Waals surface area contributed by atoms with Gasteiger partial charge in [0.25, 0.3) is 0 Å². The molecule has 0 aromatic carbocycles. The Hall–Kier alpha value is 0.531. The van der Waals surface area contributed by atoms with Gasteiger partial charge in [-0.25, -0.2) is 0 Å². The Morgan fingerprint density at radius 1 is 0.941 bits per heavy atom. The van der Waals surface area contributed by atoms with Crippen LogP contribution in [0.1, 0.15) is 13.3 Å². The van der Waals surface area contributed by atoms with Crippen LogP contribution in [0.4, 0.5) is 0 Å². The molecule has 1 radical (unpaired) electrons. The van der Waals surface area contributed by atoms with Gasteiger partial charge in [-0.1, -0.05) is 46.2 Å². The lowest BCUT2D eigenvalue weighted by Crippen LogP contribution is -2.67. The molecule has 0 rings (SSSR count). The predicted octanol–water partition coefficient (Wildman–Crippen LogP) is 3.06. The molecule has 0 bridgehead atoms. The molecule has 103 valence electrons. The van der Waals surface area contributed by atoms with Crippen LogP contribution >= 0.6 is 0 Å². The van der Waals surface area contributed by atoms with Crippen LogP contribution in [0, 0.1) is 0 Å². The van der Waals surface area contributed by atoms with Crippen LogP contribution in [-0.2, 0) is 8.85 Å². The summed E-state index contributed by atoms with van der Waals surface area (Å²) in [7, 11) is -0.293. The molecule has 0 N–H and O–H groups in total. The average molecular weight is 293 g/mol. The summed E-state index contributed by atoms with van der Waals surface area (Å²) in [6.45, 7) is 16.8. The zero-order valence-electron chi connectivity index (χ0n) is 13.0. The zero-order valence-corrected chi connectivity index (χ0v) is 16.0. The highest BCUT2D eigenvalue weighted by Gasteiger charge is 2.43. The molecular formula is C11H30NO2Si3. The molecule has 3 nitrogen and oxygen atoms in total. The minimum atomic E-state index is -1.34. The fraction of sp³-hybridized carbons (Fsp3) is 1.00. The minimum Gasteiger partial charge on any atom is -0.396 e. The van der Waals surface area contributed by atoms with E-state index < -0.39 is 25.8 Å². The van der Waals surface area contributed by atoms with Crippen molar-refractivity contribution in [2.75, 3.05) is 14.2 Å². The smallest absolute Gasteiger partial charge is 0.396 e. The summed E-state index contributed by atoms with van der Waals surface area (Å²) in [4.78, 5) is 0. The summed E-state index contributed by atoms with van der Waals surface area (Å²) >= 11 is 0. The third-order valence-corrected chi connectivity index (χ3v) is 12.9. The van der Waals surface area contributed by atoms with Crippen LogP contribution in [0.25, 0.3) is 0 Å². The Bertz CT molecular complexity index is 208. The summed E-state index contributed by atoms with van der Waals surface area (Å²) in [6.07, 6.45) is 1.12. The van der Waals surface area contributed by atoms with Crippen molar-refractivity contribution in [1.29, 1.82) is 0 Å². The fourth-order valence-corrected chi connectivity index (χ4v) is 17.2. The van der Waals surface area contributed by atoms with E-state index in [9.17, 15) is 0 Å². The maximum absolute atomic E-state index is 5.61. The van der Waals surface area contributed by atoms with Crippen LogP contribution in [0.5, 0.6) is 0 Å². The second-order valence-corrected chi connectivity index (χ2v) is 18.6. The fourth-order valence-electron chi connectivity index (χ4n) is 2.75. The molecule has 0 aliphatic heterocycles. The summed E-state index contributed by atoms with van der Waals surface area (Å²) in [6, 6.07) is 0. The highest BCUT2D eigenvalue weighted by molar-refractivity contribution is 6.90. The molecule has 1 unspecified atom stereocenters. The van der Waals surface area contributed by atoms with Gasteiger partial charge in [0.2, 0.25) is 0 Å². The lowest BCUT2D eigenvalue weighted by atomic mass is 10.5. The molecule has 1 atom stereocenters. The monoisotopic (exact) mass is 292 g/mol. The topological polar surface area (TPSA) is 21.7 Å². The first-order valence-electron chi connectivity index (χ1n) is 6.33. The molecule has 0 amide bonds. The Labute approximate surface area is 112 Å². The van der Waals surface area contributed by atoms with Gasteiger partial charge in [-0.3, -0.25) is 0 Å². The van der Waals surface area contributed by atoms with Crippen molar-refractivity contribution in [3.05, 3.63) is 0 Å². The second-order valence-electron chi connectivity index (χ2n) is 6.36. The number of hydrogen-bond acceptors (Lipinski definition) is 3. The van der Waals surface area contributed by atoms with Crippen LogP contribution < -0.4 is 0 Å². The minimum absolute atomic E-state index is 0.480. The molecule has 0 fully saturated rings. The van der Waals surface area contributed by atoms with Crippen LogP contribution in [0.2, 0.25) is 39.3 Å². The molecule has 0 heterocycles. The van der Waals surface area contributed by atoms with Gasteiger partial charge in [0.15, 0.2) is 0 Å². The van der Waals surface area contributed by atoms with Gasteiger partial charge in [-0.05, 0) is 6.42 Å². The van der Waals surface area contributed by atoms with Crippen molar-refractivity contribution in [2.45, 2.75) is 58.3 Å². The third kappa shape index (κ3) is 4.96. The number of nitrogens with zero attached hydrogens (tertiary/aromatic N) is 1. The maximum atomic E-state index is 5.61. The van der Waals surface area contributed by atoms with E-state index in [2.05, 4.69) is 50.4 Å². The standard InChI is InChI=1S/C11H30NO2Si3/c1-10-11(15(13-2)14-3)12(16(4,5)6)17(7,8)9/h11H,10H2,1-9H3. The molecular weight excluding hydrogens is 262 g/mol. The first-order chi connectivity index (χ1) is 7.59. The van der Waals surface area contributed by atoms with Gasteiger partial charge >= 0.3 is 9.28 Å². The van der Waals surface area contributed by atoms with E-state index >= 15 is 0 Å². The molecule has 0 saturated carbocycles. The molecule has 0 aromatic rings. The molecule has 17 heavy (non-hydrogen) atoms. The van der Waals surface area contributed by atoms with E-state index in [4.69, 9.17) is 8.85 Å².